The normalized spacial score (nSPS) is 30.5. The zero-order valence-electron chi connectivity index (χ0n) is 5.96. The first-order chi connectivity index (χ1) is 4.75. The minimum Gasteiger partial charge on any atom is -0.396 e. The maximum Gasteiger partial charge on any atom is 0.243 e. The van der Waals surface area contributed by atoms with Crippen molar-refractivity contribution < 1.29 is 13.9 Å². The number of rotatable bonds is 2. The Morgan fingerprint density at radius 1 is 1.45 bits per heavy atom. The molecule has 1 aliphatic rings. The monoisotopic (exact) mass is 187 g/mol. The standard InChI is InChI=1S/C6H11F2NO.ClH/c7-6(8)5-2-9-1-4(5)3-10;/h4-6,9-10H,1-3H2;1H/t4-,5+;/m0./s1. The minimum atomic E-state index is -2.30. The highest BCUT2D eigenvalue weighted by atomic mass is 35.5. The van der Waals surface area contributed by atoms with Gasteiger partial charge in [-0.2, -0.15) is 0 Å². The molecule has 1 fully saturated rings. The summed E-state index contributed by atoms with van der Waals surface area (Å²) in [6.45, 7) is 0.719. The van der Waals surface area contributed by atoms with Gasteiger partial charge in [0.2, 0.25) is 6.43 Å². The van der Waals surface area contributed by atoms with Crippen molar-refractivity contribution in [2.45, 2.75) is 6.43 Å². The number of aliphatic hydroxyl groups excluding tert-OH is 1. The van der Waals surface area contributed by atoms with E-state index in [0.717, 1.165) is 0 Å². The molecule has 0 aromatic carbocycles. The molecular weight excluding hydrogens is 176 g/mol. The van der Waals surface area contributed by atoms with Crippen LogP contribution in [0.25, 0.3) is 0 Å². The van der Waals surface area contributed by atoms with E-state index in [1.807, 2.05) is 0 Å². The van der Waals surface area contributed by atoms with E-state index in [0.29, 0.717) is 13.1 Å². The van der Waals surface area contributed by atoms with Gasteiger partial charge in [0.1, 0.15) is 0 Å². The Labute approximate surface area is 70.4 Å². The number of aliphatic hydroxyl groups is 1. The quantitative estimate of drug-likeness (QED) is 0.660. The lowest BCUT2D eigenvalue weighted by molar-refractivity contribution is 0.0475. The summed E-state index contributed by atoms with van der Waals surface area (Å²) in [6, 6.07) is 0. The van der Waals surface area contributed by atoms with Crippen molar-refractivity contribution in [3.8, 4) is 0 Å². The molecule has 0 bridgehead atoms. The van der Waals surface area contributed by atoms with Crippen LogP contribution in [0.2, 0.25) is 0 Å². The van der Waals surface area contributed by atoms with E-state index >= 15 is 0 Å². The molecule has 0 aromatic heterocycles. The molecule has 1 aliphatic heterocycles. The third kappa shape index (κ3) is 2.54. The maximum atomic E-state index is 12.0. The van der Waals surface area contributed by atoms with Gasteiger partial charge in [-0.1, -0.05) is 0 Å². The van der Waals surface area contributed by atoms with E-state index in [2.05, 4.69) is 5.32 Å². The van der Waals surface area contributed by atoms with Crippen molar-refractivity contribution in [2.75, 3.05) is 19.7 Å². The molecule has 2 nitrogen and oxygen atoms in total. The SMILES string of the molecule is Cl.OC[C@@H]1CNC[C@H]1C(F)F. The molecule has 0 aliphatic carbocycles. The van der Waals surface area contributed by atoms with E-state index in [9.17, 15) is 8.78 Å². The van der Waals surface area contributed by atoms with Crippen molar-refractivity contribution in [2.24, 2.45) is 11.8 Å². The third-order valence-corrected chi connectivity index (χ3v) is 1.95. The van der Waals surface area contributed by atoms with Gasteiger partial charge in [-0.25, -0.2) is 8.78 Å². The van der Waals surface area contributed by atoms with E-state index < -0.39 is 12.3 Å². The largest absolute Gasteiger partial charge is 0.396 e. The predicted octanol–water partition coefficient (Wildman–Crippen LogP) is 0.501. The lowest BCUT2D eigenvalue weighted by atomic mass is 9.98. The Hall–Kier alpha value is 0.0700. The van der Waals surface area contributed by atoms with Gasteiger partial charge in [-0.3, -0.25) is 0 Å². The molecular formula is C6H12ClF2NO. The van der Waals surface area contributed by atoms with Crippen LogP contribution in [0.1, 0.15) is 0 Å². The van der Waals surface area contributed by atoms with Crippen LogP contribution in [0.15, 0.2) is 0 Å². The van der Waals surface area contributed by atoms with Crippen LogP contribution in [0.5, 0.6) is 0 Å². The summed E-state index contributed by atoms with van der Waals surface area (Å²) in [6.07, 6.45) is -2.30. The topological polar surface area (TPSA) is 32.3 Å². The smallest absolute Gasteiger partial charge is 0.243 e. The molecule has 0 unspecified atom stereocenters. The first kappa shape index (κ1) is 11.1. The first-order valence-corrected chi connectivity index (χ1v) is 3.35. The Bertz CT molecular complexity index is 115. The fraction of sp³-hybridized carbons (Fsp3) is 1.00. The summed E-state index contributed by atoms with van der Waals surface area (Å²) in [5, 5.41) is 11.4. The lowest BCUT2D eigenvalue weighted by Crippen LogP contribution is -2.22. The summed E-state index contributed by atoms with van der Waals surface area (Å²) in [5.74, 6) is -0.898. The number of alkyl halides is 2. The summed E-state index contributed by atoms with van der Waals surface area (Å²) >= 11 is 0. The summed E-state index contributed by atoms with van der Waals surface area (Å²) in [5.41, 5.74) is 0. The van der Waals surface area contributed by atoms with Crippen molar-refractivity contribution >= 4 is 12.4 Å². The Balaban J connectivity index is 0.000001000. The molecule has 1 saturated heterocycles. The van der Waals surface area contributed by atoms with Gasteiger partial charge in [0.05, 0.1) is 0 Å². The Morgan fingerprint density at radius 2 is 2.09 bits per heavy atom. The molecule has 2 N–H and O–H groups in total. The van der Waals surface area contributed by atoms with Crippen LogP contribution in [-0.4, -0.2) is 31.2 Å². The molecule has 68 valence electrons. The van der Waals surface area contributed by atoms with Gasteiger partial charge in [0, 0.05) is 31.5 Å². The second-order valence-electron chi connectivity index (χ2n) is 2.60. The van der Waals surface area contributed by atoms with E-state index in [4.69, 9.17) is 5.11 Å². The van der Waals surface area contributed by atoms with Crippen molar-refractivity contribution in [1.29, 1.82) is 0 Å². The average Bonchev–Trinajstić information content (AvgIpc) is 2.33. The van der Waals surface area contributed by atoms with Gasteiger partial charge < -0.3 is 10.4 Å². The second-order valence-corrected chi connectivity index (χ2v) is 2.60. The molecule has 1 heterocycles. The molecule has 0 radical (unpaired) electrons. The van der Waals surface area contributed by atoms with Crippen LogP contribution in [-0.2, 0) is 0 Å². The van der Waals surface area contributed by atoms with Crippen LogP contribution in [0, 0.1) is 11.8 Å². The predicted molar refractivity (Wildman–Crippen MR) is 40.2 cm³/mol. The van der Waals surface area contributed by atoms with Crippen LogP contribution in [0.4, 0.5) is 8.78 Å². The zero-order valence-corrected chi connectivity index (χ0v) is 6.78. The molecule has 0 aromatic rings. The molecule has 11 heavy (non-hydrogen) atoms. The number of halogens is 3. The molecule has 0 saturated carbocycles. The Kier molecular flexibility index (Phi) is 4.88. The summed E-state index contributed by atoms with van der Waals surface area (Å²) in [4.78, 5) is 0. The van der Waals surface area contributed by atoms with Crippen molar-refractivity contribution in [1.82, 2.24) is 5.32 Å². The third-order valence-electron chi connectivity index (χ3n) is 1.95. The molecule has 2 atom stereocenters. The van der Waals surface area contributed by atoms with Crippen LogP contribution in [0.3, 0.4) is 0 Å². The van der Waals surface area contributed by atoms with Gasteiger partial charge in [0.25, 0.3) is 0 Å². The summed E-state index contributed by atoms with van der Waals surface area (Å²) in [7, 11) is 0. The van der Waals surface area contributed by atoms with E-state index in [1.54, 1.807) is 0 Å². The van der Waals surface area contributed by atoms with Crippen molar-refractivity contribution in [3.05, 3.63) is 0 Å². The second kappa shape index (κ2) is 4.85. The van der Waals surface area contributed by atoms with Crippen LogP contribution < -0.4 is 5.32 Å². The molecule has 0 spiro atoms. The highest BCUT2D eigenvalue weighted by Gasteiger charge is 2.33. The van der Waals surface area contributed by atoms with E-state index in [-0.39, 0.29) is 24.9 Å². The molecule has 0 amide bonds. The highest BCUT2D eigenvalue weighted by Crippen LogP contribution is 2.22. The highest BCUT2D eigenvalue weighted by molar-refractivity contribution is 5.85. The van der Waals surface area contributed by atoms with E-state index in [1.165, 1.54) is 0 Å². The zero-order chi connectivity index (χ0) is 7.56. The maximum absolute atomic E-state index is 12.0. The van der Waals surface area contributed by atoms with Crippen LogP contribution >= 0.6 is 12.4 Å². The fourth-order valence-corrected chi connectivity index (χ4v) is 1.25. The van der Waals surface area contributed by atoms with Gasteiger partial charge >= 0.3 is 0 Å². The molecule has 1 rings (SSSR count). The minimum absolute atomic E-state index is 0. The summed E-state index contributed by atoms with van der Waals surface area (Å²) < 4.78 is 24.1. The number of hydrogen-bond acceptors (Lipinski definition) is 2. The Morgan fingerprint density at radius 3 is 2.45 bits per heavy atom. The lowest BCUT2D eigenvalue weighted by Gasteiger charge is -2.13. The molecule has 5 heteroatoms. The average molecular weight is 188 g/mol. The fourth-order valence-electron chi connectivity index (χ4n) is 1.25. The van der Waals surface area contributed by atoms with Gasteiger partial charge in [-0.15, -0.1) is 12.4 Å². The van der Waals surface area contributed by atoms with Gasteiger partial charge in [0.15, 0.2) is 0 Å². The number of hydrogen-bond donors (Lipinski definition) is 2. The number of nitrogens with one attached hydrogen (secondary N) is 1. The van der Waals surface area contributed by atoms with Gasteiger partial charge in [-0.05, 0) is 0 Å². The first-order valence-electron chi connectivity index (χ1n) is 3.35. The van der Waals surface area contributed by atoms with Crippen molar-refractivity contribution in [3.63, 3.8) is 0 Å².